The van der Waals surface area contributed by atoms with Gasteiger partial charge in [-0.1, -0.05) is 56.0 Å². The first kappa shape index (κ1) is 22.8. The second-order valence-corrected chi connectivity index (χ2v) is 8.66. The normalized spacial score (nSPS) is 20.8. The van der Waals surface area contributed by atoms with E-state index in [0.717, 1.165) is 44.6 Å². The predicted molar refractivity (Wildman–Crippen MR) is 133 cm³/mol. The van der Waals surface area contributed by atoms with Crippen LogP contribution in [0.4, 0.5) is 5.69 Å². The minimum atomic E-state index is -0.334. The van der Waals surface area contributed by atoms with Gasteiger partial charge in [0.15, 0.2) is 0 Å². The molecule has 1 aliphatic carbocycles. The summed E-state index contributed by atoms with van der Waals surface area (Å²) in [6.07, 6.45) is 4.43. The summed E-state index contributed by atoms with van der Waals surface area (Å²) in [4.78, 5) is 15.5. The van der Waals surface area contributed by atoms with Crippen molar-refractivity contribution >= 4 is 23.9 Å². The standard InChI is InChI=1S/C27H32N4O2/c1-3-20-7-6-9-22(16-20)30-27(32)26(25(18-28)31-13-11-29-12-14-31)33-23-15-19(2)24-10-5-4-8-21(24)17-23/h3-10,16,18-19,23,28-29H,1,11-15,17H2,2H3,(H,30,32)/b26-25-,28-18?. The number of amides is 1. The number of carbonyl (C=O) groups is 1. The van der Waals surface area contributed by atoms with E-state index >= 15 is 0 Å². The zero-order valence-electron chi connectivity index (χ0n) is 19.1. The van der Waals surface area contributed by atoms with Crippen LogP contribution in [0, 0.1) is 5.41 Å². The maximum Gasteiger partial charge on any atom is 0.293 e. The highest BCUT2D eigenvalue weighted by Crippen LogP contribution is 2.34. The molecule has 1 amide bonds. The number of nitrogens with zero attached hydrogens (tertiary/aromatic N) is 1. The van der Waals surface area contributed by atoms with Gasteiger partial charge in [-0.2, -0.15) is 0 Å². The summed E-state index contributed by atoms with van der Waals surface area (Å²) in [5, 5.41) is 14.4. The Balaban J connectivity index is 1.63. The van der Waals surface area contributed by atoms with Crippen LogP contribution in [0.5, 0.6) is 0 Å². The maximum atomic E-state index is 13.5. The molecular formula is C27H32N4O2. The van der Waals surface area contributed by atoms with E-state index in [9.17, 15) is 4.79 Å². The van der Waals surface area contributed by atoms with Crippen molar-refractivity contribution in [1.82, 2.24) is 10.2 Å². The van der Waals surface area contributed by atoms with E-state index < -0.39 is 0 Å². The quantitative estimate of drug-likeness (QED) is 0.340. The molecule has 0 spiro atoms. The molecule has 2 atom stereocenters. The Morgan fingerprint density at radius 2 is 2.00 bits per heavy atom. The lowest BCUT2D eigenvalue weighted by atomic mass is 9.82. The third-order valence-corrected chi connectivity index (χ3v) is 6.35. The Bertz CT molecular complexity index is 1060. The van der Waals surface area contributed by atoms with Crippen LogP contribution in [0.3, 0.4) is 0 Å². The monoisotopic (exact) mass is 444 g/mol. The second-order valence-electron chi connectivity index (χ2n) is 8.66. The van der Waals surface area contributed by atoms with Crippen LogP contribution >= 0.6 is 0 Å². The van der Waals surface area contributed by atoms with Crippen LogP contribution in [0.15, 0.2) is 66.6 Å². The molecule has 2 aromatic carbocycles. The Kier molecular flexibility index (Phi) is 7.25. The zero-order valence-corrected chi connectivity index (χ0v) is 19.1. The first-order valence-corrected chi connectivity index (χ1v) is 11.6. The Labute approximate surface area is 195 Å². The fraction of sp³-hybridized carbons (Fsp3) is 0.333. The molecular weight excluding hydrogens is 412 g/mol. The summed E-state index contributed by atoms with van der Waals surface area (Å²) in [5.41, 5.74) is 4.73. The third-order valence-electron chi connectivity index (χ3n) is 6.35. The number of nitrogens with one attached hydrogen (secondary N) is 3. The van der Waals surface area contributed by atoms with Crippen LogP contribution in [0.25, 0.3) is 6.08 Å². The van der Waals surface area contributed by atoms with Gasteiger partial charge in [-0.05, 0) is 41.2 Å². The molecule has 2 aromatic rings. The number of rotatable bonds is 7. The number of hydrogen-bond acceptors (Lipinski definition) is 5. The van der Waals surface area contributed by atoms with Crippen LogP contribution < -0.4 is 10.6 Å². The summed E-state index contributed by atoms with van der Waals surface area (Å²) in [7, 11) is 0. The number of anilines is 1. The molecule has 0 saturated carbocycles. The van der Waals surface area contributed by atoms with Crippen LogP contribution in [0.1, 0.15) is 36.0 Å². The van der Waals surface area contributed by atoms with E-state index in [1.807, 2.05) is 30.3 Å². The van der Waals surface area contributed by atoms with Crippen molar-refractivity contribution in [2.45, 2.75) is 31.8 Å². The molecule has 1 saturated heterocycles. The van der Waals surface area contributed by atoms with Gasteiger partial charge in [0.2, 0.25) is 5.76 Å². The number of allylic oxidation sites excluding steroid dienone is 1. The van der Waals surface area contributed by atoms with Gasteiger partial charge in [0.05, 0.1) is 0 Å². The first-order chi connectivity index (χ1) is 16.1. The number of fused-ring (bicyclic) bond motifs is 1. The van der Waals surface area contributed by atoms with Crippen molar-refractivity contribution in [1.29, 1.82) is 5.41 Å². The lowest BCUT2D eigenvalue weighted by Crippen LogP contribution is -2.44. The minimum Gasteiger partial charge on any atom is -0.483 e. The first-order valence-electron chi connectivity index (χ1n) is 11.6. The summed E-state index contributed by atoms with van der Waals surface area (Å²) in [6.45, 7) is 9.06. The Hall–Kier alpha value is -3.38. The molecule has 172 valence electrons. The summed E-state index contributed by atoms with van der Waals surface area (Å²) in [5.74, 6) is 0.225. The summed E-state index contributed by atoms with van der Waals surface area (Å²) < 4.78 is 6.45. The van der Waals surface area contributed by atoms with Gasteiger partial charge in [-0.25, -0.2) is 0 Å². The Morgan fingerprint density at radius 3 is 2.76 bits per heavy atom. The van der Waals surface area contributed by atoms with Gasteiger partial charge in [0.1, 0.15) is 11.8 Å². The van der Waals surface area contributed by atoms with Gasteiger partial charge in [-0.3, -0.25) is 4.79 Å². The van der Waals surface area contributed by atoms with E-state index in [4.69, 9.17) is 10.1 Å². The fourth-order valence-electron chi connectivity index (χ4n) is 4.67. The smallest absolute Gasteiger partial charge is 0.293 e. The summed E-state index contributed by atoms with van der Waals surface area (Å²) in [6, 6.07) is 16.0. The molecule has 2 aliphatic rings. The average molecular weight is 445 g/mol. The van der Waals surface area contributed by atoms with Crippen molar-refractivity contribution in [3.8, 4) is 0 Å². The van der Waals surface area contributed by atoms with Gasteiger partial charge in [0.25, 0.3) is 5.91 Å². The van der Waals surface area contributed by atoms with Gasteiger partial charge in [-0.15, -0.1) is 0 Å². The van der Waals surface area contributed by atoms with E-state index in [1.54, 1.807) is 6.08 Å². The van der Waals surface area contributed by atoms with Crippen molar-refractivity contribution in [2.75, 3.05) is 31.5 Å². The topological polar surface area (TPSA) is 77.5 Å². The van der Waals surface area contributed by atoms with E-state index in [2.05, 4.69) is 47.2 Å². The molecule has 4 rings (SSSR count). The number of hydrogen-bond donors (Lipinski definition) is 3. The SMILES string of the molecule is C=Cc1cccc(NC(=O)/C(OC2Cc3ccccc3C(C)C2)=C(\C=N)N2CCNCC2)c1. The highest BCUT2D eigenvalue weighted by Gasteiger charge is 2.30. The van der Waals surface area contributed by atoms with Crippen LogP contribution in [0.2, 0.25) is 0 Å². The largest absolute Gasteiger partial charge is 0.483 e. The van der Waals surface area contributed by atoms with Crippen molar-refractivity contribution in [2.24, 2.45) is 0 Å². The average Bonchev–Trinajstić information content (AvgIpc) is 2.84. The van der Waals surface area contributed by atoms with E-state index in [-0.39, 0.29) is 17.8 Å². The lowest BCUT2D eigenvalue weighted by molar-refractivity contribution is -0.117. The van der Waals surface area contributed by atoms with E-state index in [0.29, 0.717) is 17.3 Å². The molecule has 0 radical (unpaired) electrons. The van der Waals surface area contributed by atoms with Crippen molar-refractivity contribution < 1.29 is 9.53 Å². The highest BCUT2D eigenvalue weighted by molar-refractivity contribution is 6.05. The zero-order chi connectivity index (χ0) is 23.2. The van der Waals surface area contributed by atoms with Crippen LogP contribution in [-0.4, -0.2) is 49.3 Å². The van der Waals surface area contributed by atoms with Crippen molar-refractivity contribution in [3.63, 3.8) is 0 Å². The molecule has 1 fully saturated rings. The van der Waals surface area contributed by atoms with Gasteiger partial charge >= 0.3 is 0 Å². The third kappa shape index (κ3) is 5.34. The Morgan fingerprint density at radius 1 is 1.21 bits per heavy atom. The van der Waals surface area contributed by atoms with Crippen molar-refractivity contribution in [3.05, 3.63) is 83.3 Å². The lowest BCUT2D eigenvalue weighted by Gasteiger charge is -2.34. The fourth-order valence-corrected chi connectivity index (χ4v) is 4.67. The molecule has 0 bridgehead atoms. The van der Waals surface area contributed by atoms with Gasteiger partial charge < -0.3 is 25.7 Å². The predicted octanol–water partition coefficient (Wildman–Crippen LogP) is 4.17. The molecule has 33 heavy (non-hydrogen) atoms. The number of carbonyl (C=O) groups excluding carboxylic acids is 1. The molecule has 1 heterocycles. The van der Waals surface area contributed by atoms with Gasteiger partial charge in [0, 0.05) is 44.5 Å². The molecule has 6 heteroatoms. The van der Waals surface area contributed by atoms with E-state index in [1.165, 1.54) is 17.3 Å². The highest BCUT2D eigenvalue weighted by atomic mass is 16.5. The summed E-state index contributed by atoms with van der Waals surface area (Å²) >= 11 is 0. The number of ether oxygens (including phenoxy) is 1. The molecule has 6 nitrogen and oxygen atoms in total. The molecule has 2 unspecified atom stereocenters. The second kappa shape index (κ2) is 10.5. The molecule has 0 aromatic heterocycles. The number of benzene rings is 2. The minimum absolute atomic E-state index is 0.131. The number of piperazine rings is 1. The maximum absolute atomic E-state index is 13.5. The molecule has 3 N–H and O–H groups in total. The van der Waals surface area contributed by atoms with Crippen LogP contribution in [-0.2, 0) is 16.0 Å². The molecule has 1 aliphatic heterocycles.